The summed E-state index contributed by atoms with van der Waals surface area (Å²) >= 11 is 0. The number of fused-ring (bicyclic) bond motifs is 2. The van der Waals surface area contributed by atoms with E-state index in [2.05, 4.69) is 30.6 Å². The summed E-state index contributed by atoms with van der Waals surface area (Å²) in [6.45, 7) is 3.13. The summed E-state index contributed by atoms with van der Waals surface area (Å²) in [5.74, 6) is -0.200. The molecule has 5 rings (SSSR count). The van der Waals surface area contributed by atoms with E-state index in [1.54, 1.807) is 30.6 Å². The third kappa shape index (κ3) is 2.93. The second kappa shape index (κ2) is 6.90. The van der Waals surface area contributed by atoms with Crippen LogP contribution in [0.1, 0.15) is 10.4 Å². The molecule has 0 saturated carbocycles. The van der Waals surface area contributed by atoms with Gasteiger partial charge in [0.15, 0.2) is 0 Å². The number of carbonyl (C=O) groups excluding carboxylic acids is 1. The zero-order valence-electron chi connectivity index (χ0n) is 15.1. The van der Waals surface area contributed by atoms with Crippen molar-refractivity contribution in [1.82, 2.24) is 20.4 Å². The molecule has 0 unspecified atom stereocenters. The molecule has 1 saturated heterocycles. The first-order chi connectivity index (χ1) is 13.8. The van der Waals surface area contributed by atoms with E-state index in [4.69, 9.17) is 4.74 Å². The van der Waals surface area contributed by atoms with Crippen LogP contribution in [0.25, 0.3) is 21.8 Å². The van der Waals surface area contributed by atoms with Gasteiger partial charge in [0.1, 0.15) is 11.0 Å². The number of aromatic amines is 1. The number of anilines is 2. The molecule has 2 N–H and O–H groups in total. The van der Waals surface area contributed by atoms with Crippen LogP contribution in [-0.4, -0.2) is 52.6 Å². The smallest absolute Gasteiger partial charge is 0.255 e. The number of carbonyl (C=O) groups is 1. The second-order valence-corrected chi connectivity index (χ2v) is 6.63. The molecule has 4 aromatic rings. The number of aromatic nitrogens is 4. The fourth-order valence-corrected chi connectivity index (χ4v) is 3.54. The Hall–Kier alpha value is -3.52. The Morgan fingerprint density at radius 2 is 1.89 bits per heavy atom. The molecule has 8 nitrogen and oxygen atoms in total. The molecule has 8 heteroatoms. The number of benzene rings is 2. The Kier molecular flexibility index (Phi) is 4.10. The number of hydrogen-bond acceptors (Lipinski definition) is 6. The zero-order valence-corrected chi connectivity index (χ0v) is 15.1. The van der Waals surface area contributed by atoms with Crippen molar-refractivity contribution in [3.63, 3.8) is 0 Å². The maximum atomic E-state index is 12.8. The molecule has 2 aromatic heterocycles. The number of pyridine rings is 1. The van der Waals surface area contributed by atoms with E-state index in [9.17, 15) is 4.79 Å². The molecule has 0 bridgehead atoms. The molecule has 140 valence electrons. The second-order valence-electron chi connectivity index (χ2n) is 6.63. The number of nitrogens with zero attached hydrogens (tertiary/aromatic N) is 4. The first-order valence-electron chi connectivity index (χ1n) is 9.11. The normalized spacial score (nSPS) is 14.5. The van der Waals surface area contributed by atoms with Gasteiger partial charge in [0, 0.05) is 47.5 Å². The number of ether oxygens (including phenoxy) is 1. The molecule has 0 atom stereocenters. The van der Waals surface area contributed by atoms with Gasteiger partial charge in [-0.3, -0.25) is 9.78 Å². The van der Waals surface area contributed by atoms with Gasteiger partial charge in [-0.25, -0.2) is 0 Å². The summed E-state index contributed by atoms with van der Waals surface area (Å²) in [5, 5.41) is 15.6. The van der Waals surface area contributed by atoms with E-state index in [0.717, 1.165) is 54.0 Å². The van der Waals surface area contributed by atoms with Crippen LogP contribution in [0.3, 0.4) is 0 Å². The Labute approximate surface area is 160 Å². The van der Waals surface area contributed by atoms with Crippen LogP contribution in [0.4, 0.5) is 11.4 Å². The van der Waals surface area contributed by atoms with E-state index in [1.165, 1.54) is 0 Å². The van der Waals surface area contributed by atoms with Crippen LogP contribution in [0.15, 0.2) is 48.8 Å². The summed E-state index contributed by atoms with van der Waals surface area (Å²) in [6.07, 6.45) is 3.56. The van der Waals surface area contributed by atoms with Crippen molar-refractivity contribution in [1.29, 1.82) is 0 Å². The minimum absolute atomic E-state index is 0.200. The van der Waals surface area contributed by atoms with Crippen molar-refractivity contribution in [2.75, 3.05) is 36.5 Å². The van der Waals surface area contributed by atoms with Gasteiger partial charge in [0.25, 0.3) is 5.91 Å². The number of rotatable bonds is 3. The summed E-state index contributed by atoms with van der Waals surface area (Å²) in [4.78, 5) is 19.4. The van der Waals surface area contributed by atoms with Gasteiger partial charge in [-0.1, -0.05) is 0 Å². The highest BCUT2D eigenvalue weighted by Crippen LogP contribution is 2.32. The van der Waals surface area contributed by atoms with Crippen molar-refractivity contribution >= 4 is 39.1 Å². The Balaban J connectivity index is 1.49. The lowest BCUT2D eigenvalue weighted by Gasteiger charge is -2.30. The SMILES string of the molecule is O=C(Nc1ccc(N2CCOCC2)c2ccncc12)c1ccc2n[nH]nc2c1. The molecule has 1 aliphatic heterocycles. The first kappa shape index (κ1) is 16.6. The van der Waals surface area contributed by atoms with Gasteiger partial charge >= 0.3 is 0 Å². The van der Waals surface area contributed by atoms with E-state index in [-0.39, 0.29) is 5.91 Å². The highest BCUT2D eigenvalue weighted by atomic mass is 16.5. The zero-order chi connectivity index (χ0) is 18.9. The number of morpholine rings is 1. The largest absolute Gasteiger partial charge is 0.378 e. The van der Waals surface area contributed by atoms with Gasteiger partial charge in [-0.15, -0.1) is 0 Å². The molecule has 0 spiro atoms. The maximum absolute atomic E-state index is 12.8. The molecule has 0 aliphatic carbocycles. The molecular formula is C20H18N6O2. The molecule has 2 aromatic carbocycles. The summed E-state index contributed by atoms with van der Waals surface area (Å²) in [5.41, 5.74) is 3.76. The molecule has 3 heterocycles. The maximum Gasteiger partial charge on any atom is 0.255 e. The number of amides is 1. The van der Waals surface area contributed by atoms with Crippen LogP contribution in [0.2, 0.25) is 0 Å². The third-order valence-corrected chi connectivity index (χ3v) is 4.97. The fraction of sp³-hybridized carbons (Fsp3) is 0.200. The summed E-state index contributed by atoms with van der Waals surface area (Å²) in [7, 11) is 0. The van der Waals surface area contributed by atoms with Crippen molar-refractivity contribution in [2.24, 2.45) is 0 Å². The lowest BCUT2D eigenvalue weighted by Crippen LogP contribution is -2.36. The van der Waals surface area contributed by atoms with E-state index < -0.39 is 0 Å². The third-order valence-electron chi connectivity index (χ3n) is 4.97. The molecule has 0 radical (unpaired) electrons. The van der Waals surface area contributed by atoms with Gasteiger partial charge < -0.3 is 15.0 Å². The Morgan fingerprint density at radius 1 is 1.04 bits per heavy atom. The lowest BCUT2D eigenvalue weighted by molar-refractivity contribution is 0.102. The molecule has 1 amide bonds. The van der Waals surface area contributed by atoms with Crippen molar-refractivity contribution in [2.45, 2.75) is 0 Å². The number of hydrogen-bond donors (Lipinski definition) is 2. The fourth-order valence-electron chi connectivity index (χ4n) is 3.54. The average Bonchev–Trinajstić information content (AvgIpc) is 3.22. The predicted octanol–water partition coefficient (Wildman–Crippen LogP) is 2.60. The topological polar surface area (TPSA) is 96.0 Å². The lowest BCUT2D eigenvalue weighted by atomic mass is 10.1. The minimum atomic E-state index is -0.200. The van der Waals surface area contributed by atoms with E-state index in [1.807, 2.05) is 18.2 Å². The quantitative estimate of drug-likeness (QED) is 0.572. The molecular weight excluding hydrogens is 356 g/mol. The predicted molar refractivity (Wildman–Crippen MR) is 107 cm³/mol. The molecule has 28 heavy (non-hydrogen) atoms. The average molecular weight is 374 g/mol. The first-order valence-corrected chi connectivity index (χ1v) is 9.11. The van der Waals surface area contributed by atoms with Crippen LogP contribution in [0, 0.1) is 0 Å². The Bertz CT molecular complexity index is 1170. The standard InChI is InChI=1S/C20H18N6O2/c27-20(13-1-2-17-18(11-13)24-25-23-17)22-16-3-4-19(26-7-9-28-10-8-26)14-5-6-21-12-15(14)16/h1-6,11-12H,7-10H2,(H,22,27)(H,23,24,25). The van der Waals surface area contributed by atoms with Crippen LogP contribution >= 0.6 is 0 Å². The Morgan fingerprint density at radius 3 is 2.79 bits per heavy atom. The highest BCUT2D eigenvalue weighted by molar-refractivity contribution is 6.11. The van der Waals surface area contributed by atoms with Gasteiger partial charge in [-0.05, 0) is 36.4 Å². The van der Waals surface area contributed by atoms with Crippen molar-refractivity contribution in [3.8, 4) is 0 Å². The van der Waals surface area contributed by atoms with Gasteiger partial charge in [-0.2, -0.15) is 15.4 Å². The molecule has 1 aliphatic rings. The van der Waals surface area contributed by atoms with E-state index >= 15 is 0 Å². The number of H-pyrrole nitrogens is 1. The van der Waals surface area contributed by atoms with Crippen LogP contribution in [-0.2, 0) is 4.74 Å². The van der Waals surface area contributed by atoms with Crippen molar-refractivity contribution in [3.05, 3.63) is 54.4 Å². The van der Waals surface area contributed by atoms with Crippen molar-refractivity contribution < 1.29 is 9.53 Å². The molecule has 1 fully saturated rings. The summed E-state index contributed by atoms with van der Waals surface area (Å²) in [6, 6.07) is 11.2. The highest BCUT2D eigenvalue weighted by Gasteiger charge is 2.17. The van der Waals surface area contributed by atoms with Crippen LogP contribution in [0.5, 0.6) is 0 Å². The van der Waals surface area contributed by atoms with Gasteiger partial charge in [0.2, 0.25) is 0 Å². The minimum Gasteiger partial charge on any atom is -0.378 e. The number of nitrogens with one attached hydrogen (secondary N) is 2. The van der Waals surface area contributed by atoms with E-state index in [0.29, 0.717) is 11.1 Å². The summed E-state index contributed by atoms with van der Waals surface area (Å²) < 4.78 is 5.46. The van der Waals surface area contributed by atoms with Crippen LogP contribution < -0.4 is 10.2 Å². The van der Waals surface area contributed by atoms with Gasteiger partial charge in [0.05, 0.1) is 18.9 Å². The monoisotopic (exact) mass is 374 g/mol.